The fourth-order valence-corrected chi connectivity index (χ4v) is 2.01. The second-order valence-electron chi connectivity index (χ2n) is 3.81. The van der Waals surface area contributed by atoms with Gasteiger partial charge in [0.2, 0.25) is 0 Å². The van der Waals surface area contributed by atoms with E-state index in [-0.39, 0.29) is 10.8 Å². The van der Waals surface area contributed by atoms with Gasteiger partial charge < -0.3 is 14.6 Å². The predicted octanol–water partition coefficient (Wildman–Crippen LogP) is 2.84. The van der Waals surface area contributed by atoms with Crippen LogP contribution < -0.4 is 9.47 Å². The zero-order valence-corrected chi connectivity index (χ0v) is 10.4. The number of carboxylic acid groups (broad SMARTS) is 1. The summed E-state index contributed by atoms with van der Waals surface area (Å²) in [4.78, 5) is 11.0. The first kappa shape index (κ1) is 13.6. The van der Waals surface area contributed by atoms with Gasteiger partial charge in [-0.15, -0.1) is 0 Å². The Morgan fingerprint density at radius 3 is 2.74 bits per heavy atom. The Kier molecular flexibility index (Phi) is 3.61. The number of ether oxygens (including phenoxy) is 2. The van der Waals surface area contributed by atoms with Crippen molar-refractivity contribution in [3.05, 3.63) is 28.3 Å². The Bertz CT molecular complexity index is 557. The lowest BCUT2D eigenvalue weighted by Gasteiger charge is -2.25. The van der Waals surface area contributed by atoms with Crippen LogP contribution in [0.2, 0.25) is 5.02 Å². The maximum Gasteiger partial charge on any atom is 0.335 e. The third kappa shape index (κ3) is 2.49. The van der Waals surface area contributed by atoms with E-state index >= 15 is 0 Å². The zero-order chi connectivity index (χ0) is 14.2. The van der Waals surface area contributed by atoms with E-state index in [0.29, 0.717) is 11.3 Å². The quantitative estimate of drug-likeness (QED) is 0.930. The van der Waals surface area contributed by atoms with E-state index in [4.69, 9.17) is 26.2 Å². The van der Waals surface area contributed by atoms with Gasteiger partial charge in [-0.25, -0.2) is 13.6 Å². The molecule has 102 valence electrons. The molecule has 0 radical (unpaired) electrons. The van der Waals surface area contributed by atoms with E-state index < -0.39 is 24.1 Å². The van der Waals surface area contributed by atoms with Crippen LogP contribution in [-0.4, -0.2) is 30.7 Å². The Balaban J connectivity index is 2.56. The van der Waals surface area contributed by atoms with Crippen molar-refractivity contribution in [1.29, 1.82) is 0 Å². The van der Waals surface area contributed by atoms with Gasteiger partial charge in [0.25, 0.3) is 6.43 Å². The van der Waals surface area contributed by atoms with Gasteiger partial charge in [0.15, 0.2) is 6.10 Å². The largest absolute Gasteiger partial charge is 0.497 e. The highest BCUT2D eigenvalue weighted by atomic mass is 35.5. The highest BCUT2D eigenvalue weighted by molar-refractivity contribution is 6.32. The van der Waals surface area contributed by atoms with Crippen LogP contribution in [0.3, 0.4) is 0 Å². The number of halogens is 3. The van der Waals surface area contributed by atoms with E-state index in [2.05, 4.69) is 0 Å². The second kappa shape index (κ2) is 5.05. The normalized spacial score (nSPS) is 17.5. The minimum Gasteiger partial charge on any atom is -0.497 e. The Morgan fingerprint density at radius 1 is 1.53 bits per heavy atom. The van der Waals surface area contributed by atoms with Crippen LogP contribution in [0.1, 0.15) is 5.56 Å². The number of rotatable bonds is 3. The molecular formula is C12H9ClF2O4. The van der Waals surface area contributed by atoms with Crippen molar-refractivity contribution in [2.75, 3.05) is 7.11 Å². The molecule has 0 spiro atoms. The number of alkyl halides is 2. The van der Waals surface area contributed by atoms with Gasteiger partial charge in [-0.3, -0.25) is 0 Å². The highest BCUT2D eigenvalue weighted by Crippen LogP contribution is 2.40. The van der Waals surface area contributed by atoms with Crippen LogP contribution in [0, 0.1) is 0 Å². The van der Waals surface area contributed by atoms with Gasteiger partial charge in [0.05, 0.1) is 17.7 Å². The number of hydrogen-bond donors (Lipinski definition) is 1. The molecule has 0 aromatic heterocycles. The third-order valence-electron chi connectivity index (χ3n) is 2.62. The summed E-state index contributed by atoms with van der Waals surface area (Å²) >= 11 is 5.90. The standard InChI is InChI=1S/C12H9ClF2O4/c1-18-6-2-5-3-7(12(16)17)10(11(14)15)19-9(5)8(13)4-6/h2-4,10-11H,1H3,(H,16,17). The van der Waals surface area contributed by atoms with Crippen LogP contribution in [0.15, 0.2) is 17.7 Å². The molecule has 0 amide bonds. The average Bonchev–Trinajstić information content (AvgIpc) is 2.36. The third-order valence-corrected chi connectivity index (χ3v) is 2.90. The monoisotopic (exact) mass is 290 g/mol. The van der Waals surface area contributed by atoms with Crippen molar-refractivity contribution in [3.63, 3.8) is 0 Å². The van der Waals surface area contributed by atoms with Gasteiger partial charge in [-0.2, -0.15) is 0 Å². The van der Waals surface area contributed by atoms with Crippen molar-refractivity contribution in [2.45, 2.75) is 12.5 Å². The van der Waals surface area contributed by atoms with Crippen molar-refractivity contribution in [3.8, 4) is 11.5 Å². The molecule has 0 fully saturated rings. The van der Waals surface area contributed by atoms with Crippen molar-refractivity contribution < 1.29 is 28.2 Å². The van der Waals surface area contributed by atoms with Gasteiger partial charge >= 0.3 is 5.97 Å². The maximum absolute atomic E-state index is 12.8. The fraction of sp³-hybridized carbons (Fsp3) is 0.250. The molecule has 0 aliphatic carbocycles. The molecule has 1 aliphatic rings. The average molecular weight is 291 g/mol. The van der Waals surface area contributed by atoms with E-state index in [0.717, 1.165) is 6.08 Å². The number of aliphatic carboxylic acids is 1. The number of carboxylic acids is 1. The van der Waals surface area contributed by atoms with Crippen LogP contribution in [0.5, 0.6) is 11.5 Å². The molecule has 0 saturated carbocycles. The molecule has 1 N–H and O–H groups in total. The molecular weight excluding hydrogens is 282 g/mol. The number of hydrogen-bond acceptors (Lipinski definition) is 3. The van der Waals surface area contributed by atoms with E-state index in [1.54, 1.807) is 0 Å². The summed E-state index contributed by atoms with van der Waals surface area (Å²) in [6.45, 7) is 0. The van der Waals surface area contributed by atoms with Crippen LogP contribution in [-0.2, 0) is 4.79 Å². The molecule has 0 bridgehead atoms. The summed E-state index contributed by atoms with van der Waals surface area (Å²) in [6.07, 6.45) is -3.68. The first-order valence-electron chi connectivity index (χ1n) is 5.21. The summed E-state index contributed by atoms with van der Waals surface area (Å²) in [7, 11) is 1.41. The second-order valence-corrected chi connectivity index (χ2v) is 4.21. The first-order chi connectivity index (χ1) is 8.93. The van der Waals surface area contributed by atoms with Crippen LogP contribution >= 0.6 is 11.6 Å². The molecule has 1 aliphatic heterocycles. The smallest absolute Gasteiger partial charge is 0.335 e. The van der Waals surface area contributed by atoms with E-state index in [1.165, 1.54) is 19.2 Å². The molecule has 4 nitrogen and oxygen atoms in total. The number of methoxy groups -OCH3 is 1. The number of carbonyl (C=O) groups is 1. The molecule has 1 aromatic rings. The molecule has 1 unspecified atom stereocenters. The SMILES string of the molecule is COc1cc(Cl)c2c(c1)C=C(C(=O)O)C(C(F)F)O2. The summed E-state index contributed by atoms with van der Waals surface area (Å²) in [5, 5.41) is 9.02. The van der Waals surface area contributed by atoms with E-state index in [1.807, 2.05) is 0 Å². The van der Waals surface area contributed by atoms with Gasteiger partial charge in [0.1, 0.15) is 11.5 Å². The first-order valence-corrected chi connectivity index (χ1v) is 5.59. The Labute approximate surface area is 112 Å². The number of benzene rings is 1. The molecule has 1 atom stereocenters. The van der Waals surface area contributed by atoms with Crippen molar-refractivity contribution in [2.24, 2.45) is 0 Å². The number of fused-ring (bicyclic) bond motifs is 1. The predicted molar refractivity (Wildman–Crippen MR) is 64.0 cm³/mol. The molecule has 1 heterocycles. The Morgan fingerprint density at radius 2 is 2.21 bits per heavy atom. The Hall–Kier alpha value is -1.82. The lowest BCUT2D eigenvalue weighted by molar-refractivity contribution is -0.134. The van der Waals surface area contributed by atoms with Gasteiger partial charge in [-0.1, -0.05) is 11.6 Å². The summed E-state index contributed by atoms with van der Waals surface area (Å²) in [5.74, 6) is -1.06. The summed E-state index contributed by atoms with van der Waals surface area (Å²) in [6, 6.07) is 2.87. The molecule has 2 rings (SSSR count). The van der Waals surface area contributed by atoms with Crippen molar-refractivity contribution in [1.82, 2.24) is 0 Å². The summed E-state index contributed by atoms with van der Waals surface area (Å²) < 4.78 is 35.6. The molecule has 1 aromatic carbocycles. The lowest BCUT2D eigenvalue weighted by Crippen LogP contribution is -2.33. The maximum atomic E-state index is 12.8. The lowest BCUT2D eigenvalue weighted by atomic mass is 10.0. The molecule has 7 heteroatoms. The molecule has 0 saturated heterocycles. The summed E-state index contributed by atoms with van der Waals surface area (Å²) in [5.41, 5.74) is -0.231. The van der Waals surface area contributed by atoms with E-state index in [9.17, 15) is 13.6 Å². The highest BCUT2D eigenvalue weighted by Gasteiger charge is 2.35. The molecule has 19 heavy (non-hydrogen) atoms. The van der Waals surface area contributed by atoms with Gasteiger partial charge in [0, 0.05) is 11.6 Å². The minimum absolute atomic E-state index is 0.0257. The van der Waals surface area contributed by atoms with Crippen LogP contribution in [0.4, 0.5) is 8.78 Å². The minimum atomic E-state index is -2.96. The van der Waals surface area contributed by atoms with Gasteiger partial charge in [-0.05, 0) is 12.1 Å². The van der Waals surface area contributed by atoms with Crippen molar-refractivity contribution >= 4 is 23.6 Å². The van der Waals surface area contributed by atoms with Crippen LogP contribution in [0.25, 0.3) is 6.08 Å². The fourth-order valence-electron chi connectivity index (χ4n) is 1.75. The topological polar surface area (TPSA) is 55.8 Å². The zero-order valence-electron chi connectivity index (χ0n) is 9.69.